The Morgan fingerprint density at radius 1 is 1.36 bits per heavy atom. The Morgan fingerprint density at radius 3 is 2.68 bits per heavy atom. The van der Waals surface area contributed by atoms with Gasteiger partial charge in [0.05, 0.1) is 13.0 Å². The lowest BCUT2D eigenvalue weighted by molar-refractivity contribution is -0.121. The van der Waals surface area contributed by atoms with Crippen molar-refractivity contribution in [3.63, 3.8) is 0 Å². The van der Waals surface area contributed by atoms with Gasteiger partial charge in [-0.05, 0) is 44.5 Å². The summed E-state index contributed by atoms with van der Waals surface area (Å²) in [6, 6.07) is 7.65. The van der Waals surface area contributed by atoms with Crippen LogP contribution in [0.5, 0.6) is 0 Å². The Morgan fingerprint density at radius 2 is 2.09 bits per heavy atom. The van der Waals surface area contributed by atoms with Crippen LogP contribution < -0.4 is 5.32 Å². The average Bonchev–Trinajstić information content (AvgIpc) is 2.76. The van der Waals surface area contributed by atoms with Gasteiger partial charge in [-0.1, -0.05) is 12.1 Å². The van der Waals surface area contributed by atoms with Crippen molar-refractivity contribution in [2.24, 2.45) is 0 Å². The van der Waals surface area contributed by atoms with Gasteiger partial charge in [0, 0.05) is 5.56 Å². The van der Waals surface area contributed by atoms with Crippen LogP contribution in [0.2, 0.25) is 0 Å². The van der Waals surface area contributed by atoms with Crippen molar-refractivity contribution < 1.29 is 18.7 Å². The van der Waals surface area contributed by atoms with Gasteiger partial charge in [0.15, 0.2) is 0 Å². The van der Waals surface area contributed by atoms with E-state index in [0.29, 0.717) is 22.6 Å². The molecule has 118 valence electrons. The molecular formula is C17H20FNO3. The van der Waals surface area contributed by atoms with E-state index >= 15 is 0 Å². The number of nitrogens with one attached hydrogen (secondary N) is 1. The normalized spacial score (nSPS) is 13.7. The number of rotatable bonds is 5. The van der Waals surface area contributed by atoms with Crippen LogP contribution in [0.15, 0.2) is 34.7 Å². The van der Waals surface area contributed by atoms with Crippen molar-refractivity contribution in [1.82, 2.24) is 5.32 Å². The molecule has 0 aliphatic heterocycles. The van der Waals surface area contributed by atoms with Gasteiger partial charge in [-0.25, -0.2) is 4.39 Å². The molecule has 1 unspecified atom stereocenters. The lowest BCUT2D eigenvalue weighted by atomic mass is 9.96. The summed E-state index contributed by atoms with van der Waals surface area (Å²) in [6.07, 6.45) is 0.0667. The van der Waals surface area contributed by atoms with Crippen molar-refractivity contribution >= 4 is 5.91 Å². The fraction of sp³-hybridized carbons (Fsp3) is 0.353. The summed E-state index contributed by atoms with van der Waals surface area (Å²) >= 11 is 0. The van der Waals surface area contributed by atoms with Crippen molar-refractivity contribution in [1.29, 1.82) is 0 Å². The van der Waals surface area contributed by atoms with Crippen molar-refractivity contribution in [3.8, 4) is 0 Å². The molecule has 1 amide bonds. The fourth-order valence-electron chi connectivity index (χ4n) is 2.43. The molecule has 0 saturated carbocycles. The number of carbonyl (C=O) groups is 1. The molecule has 1 heterocycles. The molecule has 4 nitrogen and oxygen atoms in total. The highest BCUT2D eigenvalue weighted by molar-refractivity contribution is 5.78. The minimum Gasteiger partial charge on any atom is -0.466 e. The molecule has 0 saturated heterocycles. The van der Waals surface area contributed by atoms with Crippen LogP contribution in [-0.2, 0) is 16.8 Å². The SMILES string of the molecule is Cc1cc(C(C)(O)CNC(=O)Cc2cccc(F)c2)c(C)o1. The molecule has 1 aromatic carbocycles. The van der Waals surface area contributed by atoms with Gasteiger partial charge in [-0.3, -0.25) is 4.79 Å². The third-order valence-corrected chi connectivity index (χ3v) is 3.50. The van der Waals surface area contributed by atoms with Gasteiger partial charge in [0.1, 0.15) is 22.9 Å². The molecule has 0 aliphatic rings. The van der Waals surface area contributed by atoms with E-state index in [1.807, 2.05) is 0 Å². The van der Waals surface area contributed by atoms with Crippen LogP contribution in [-0.4, -0.2) is 17.6 Å². The number of amides is 1. The summed E-state index contributed by atoms with van der Waals surface area (Å²) in [7, 11) is 0. The van der Waals surface area contributed by atoms with Gasteiger partial charge in [-0.2, -0.15) is 0 Å². The molecule has 5 heteroatoms. The maximum atomic E-state index is 13.1. The zero-order valence-electron chi connectivity index (χ0n) is 12.9. The number of benzene rings is 1. The number of aryl methyl sites for hydroxylation is 2. The second kappa shape index (κ2) is 6.32. The smallest absolute Gasteiger partial charge is 0.224 e. The predicted octanol–water partition coefficient (Wildman–Crippen LogP) is 2.60. The Balaban J connectivity index is 1.96. The fourth-order valence-corrected chi connectivity index (χ4v) is 2.43. The van der Waals surface area contributed by atoms with Gasteiger partial charge in [0.2, 0.25) is 5.91 Å². The maximum absolute atomic E-state index is 13.1. The Kier molecular flexibility index (Phi) is 4.66. The largest absolute Gasteiger partial charge is 0.466 e. The van der Waals surface area contributed by atoms with Crippen LogP contribution in [0.1, 0.15) is 29.6 Å². The molecule has 1 atom stereocenters. The highest BCUT2D eigenvalue weighted by atomic mass is 19.1. The first kappa shape index (κ1) is 16.2. The lowest BCUT2D eigenvalue weighted by Gasteiger charge is -2.23. The molecule has 0 radical (unpaired) electrons. The summed E-state index contributed by atoms with van der Waals surface area (Å²) in [5.74, 6) is 0.686. The van der Waals surface area contributed by atoms with Gasteiger partial charge < -0.3 is 14.8 Å². The molecule has 1 aromatic heterocycles. The van der Waals surface area contributed by atoms with Crippen LogP contribution in [0.4, 0.5) is 4.39 Å². The van der Waals surface area contributed by atoms with E-state index in [4.69, 9.17) is 4.42 Å². The minimum absolute atomic E-state index is 0.0565. The first-order chi connectivity index (χ1) is 10.3. The Bertz CT molecular complexity index is 676. The molecule has 22 heavy (non-hydrogen) atoms. The number of carbonyl (C=O) groups excluding carboxylic acids is 1. The number of hydrogen-bond acceptors (Lipinski definition) is 3. The van der Waals surface area contributed by atoms with Crippen LogP contribution >= 0.6 is 0 Å². The zero-order valence-corrected chi connectivity index (χ0v) is 12.9. The van der Waals surface area contributed by atoms with Crippen molar-refractivity contribution in [3.05, 3.63) is 58.8 Å². The molecule has 2 aromatic rings. The first-order valence-electron chi connectivity index (χ1n) is 7.09. The second-order valence-electron chi connectivity index (χ2n) is 5.68. The Labute approximate surface area is 129 Å². The van der Waals surface area contributed by atoms with Crippen molar-refractivity contribution in [2.45, 2.75) is 32.8 Å². The molecule has 0 fully saturated rings. The van der Waals surface area contributed by atoms with Crippen molar-refractivity contribution in [2.75, 3.05) is 6.54 Å². The van der Waals surface area contributed by atoms with E-state index in [2.05, 4.69) is 5.32 Å². The molecule has 2 rings (SSSR count). The summed E-state index contributed by atoms with van der Waals surface area (Å²) in [4.78, 5) is 11.9. The van der Waals surface area contributed by atoms with Gasteiger partial charge >= 0.3 is 0 Å². The van der Waals surface area contributed by atoms with Crippen LogP contribution in [0, 0.1) is 19.7 Å². The van der Waals surface area contributed by atoms with Crippen LogP contribution in [0.3, 0.4) is 0 Å². The first-order valence-corrected chi connectivity index (χ1v) is 7.09. The third-order valence-electron chi connectivity index (χ3n) is 3.50. The van der Waals surface area contributed by atoms with Gasteiger partial charge in [0.25, 0.3) is 0 Å². The van der Waals surface area contributed by atoms with E-state index in [1.165, 1.54) is 12.1 Å². The number of hydrogen-bond donors (Lipinski definition) is 2. The minimum atomic E-state index is -1.22. The average molecular weight is 305 g/mol. The standard InChI is InChI=1S/C17H20FNO3/c1-11-7-15(12(2)22-11)17(3,21)10-19-16(20)9-13-5-4-6-14(18)8-13/h4-8,21H,9-10H2,1-3H3,(H,19,20). The van der Waals surface area contributed by atoms with E-state index < -0.39 is 5.60 Å². The Hall–Kier alpha value is -2.14. The number of furan rings is 1. The van der Waals surface area contributed by atoms with Gasteiger partial charge in [-0.15, -0.1) is 0 Å². The monoisotopic (exact) mass is 305 g/mol. The molecule has 0 bridgehead atoms. The highest BCUT2D eigenvalue weighted by Gasteiger charge is 2.28. The maximum Gasteiger partial charge on any atom is 0.224 e. The highest BCUT2D eigenvalue weighted by Crippen LogP contribution is 2.26. The molecule has 2 N–H and O–H groups in total. The van der Waals surface area contributed by atoms with E-state index in [0.717, 1.165) is 0 Å². The summed E-state index contributed by atoms with van der Waals surface area (Å²) in [6.45, 7) is 5.24. The number of halogens is 1. The summed E-state index contributed by atoms with van der Waals surface area (Å²) in [5, 5.41) is 13.2. The summed E-state index contributed by atoms with van der Waals surface area (Å²) in [5.41, 5.74) is 0.0166. The second-order valence-corrected chi connectivity index (χ2v) is 5.68. The van der Waals surface area contributed by atoms with E-state index in [-0.39, 0.29) is 24.7 Å². The third kappa shape index (κ3) is 3.95. The number of aliphatic hydroxyl groups is 1. The summed E-state index contributed by atoms with van der Waals surface area (Å²) < 4.78 is 18.5. The zero-order chi connectivity index (χ0) is 16.3. The van der Waals surface area contributed by atoms with E-state index in [9.17, 15) is 14.3 Å². The quantitative estimate of drug-likeness (QED) is 0.892. The molecule has 0 aliphatic carbocycles. The van der Waals surface area contributed by atoms with Crippen LogP contribution in [0.25, 0.3) is 0 Å². The predicted molar refractivity (Wildman–Crippen MR) is 80.9 cm³/mol. The molecular weight excluding hydrogens is 285 g/mol. The topological polar surface area (TPSA) is 62.5 Å². The molecule has 0 spiro atoms. The van der Waals surface area contributed by atoms with E-state index in [1.54, 1.807) is 39.0 Å². The lowest BCUT2D eigenvalue weighted by Crippen LogP contribution is -2.39.